The lowest BCUT2D eigenvalue weighted by Crippen LogP contribution is -2.46. The largest absolute Gasteiger partial charge is 0.484 e. The fourth-order valence-corrected chi connectivity index (χ4v) is 3.10. The Morgan fingerprint density at radius 3 is 2.41 bits per heavy atom. The van der Waals surface area contributed by atoms with E-state index in [1.54, 1.807) is 17.0 Å². The molecule has 3 amide bonds. The Bertz CT molecular complexity index is 878. The summed E-state index contributed by atoms with van der Waals surface area (Å²) in [6.07, 6.45) is 1.04. The van der Waals surface area contributed by atoms with Gasteiger partial charge < -0.3 is 9.64 Å². The van der Waals surface area contributed by atoms with E-state index >= 15 is 0 Å². The fraction of sp³-hybridized carbons (Fsp3) is 0.318. The summed E-state index contributed by atoms with van der Waals surface area (Å²) in [4.78, 5) is 38.1. The van der Waals surface area contributed by atoms with Crippen LogP contribution in [0.2, 0.25) is 0 Å². The Kier molecular flexibility index (Phi) is 6.49. The number of hydrogen-bond donors (Lipinski definition) is 2. The zero-order chi connectivity index (χ0) is 20.8. The van der Waals surface area contributed by atoms with Crippen LogP contribution in [0.4, 0.5) is 5.69 Å². The molecule has 1 aliphatic rings. The highest BCUT2D eigenvalue weighted by Crippen LogP contribution is 2.25. The Balaban J connectivity index is 1.44. The molecule has 0 aliphatic carbocycles. The normalized spacial score (nSPS) is 15.9. The minimum atomic E-state index is -0.522. The molecule has 0 spiro atoms. The lowest BCUT2D eigenvalue weighted by Gasteiger charge is -2.17. The van der Waals surface area contributed by atoms with Gasteiger partial charge in [0.1, 0.15) is 5.75 Å². The Hall–Kier alpha value is -3.35. The predicted octanol–water partition coefficient (Wildman–Crippen LogP) is 2.14. The number of carbonyl (C=O) groups is 3. The number of nitrogens with zero attached hydrogens (tertiary/aromatic N) is 1. The SMILES string of the molecule is CCc1ccc(OCC(=O)NNC(=O)[C@@H]2CC(=O)N(c3ccc(C)cc3)C2)cc1. The summed E-state index contributed by atoms with van der Waals surface area (Å²) in [5.74, 6) is -0.921. The lowest BCUT2D eigenvalue weighted by atomic mass is 10.1. The first-order valence-corrected chi connectivity index (χ1v) is 9.63. The van der Waals surface area contributed by atoms with Crippen LogP contribution in [0.15, 0.2) is 48.5 Å². The molecular formula is C22H25N3O4. The molecule has 0 bridgehead atoms. The van der Waals surface area contributed by atoms with Gasteiger partial charge in [-0.05, 0) is 43.2 Å². The molecular weight excluding hydrogens is 370 g/mol. The van der Waals surface area contributed by atoms with Crippen LogP contribution in [0.1, 0.15) is 24.5 Å². The summed E-state index contributed by atoms with van der Waals surface area (Å²) in [6, 6.07) is 15.0. The molecule has 1 saturated heterocycles. The zero-order valence-electron chi connectivity index (χ0n) is 16.6. The number of benzene rings is 2. The Morgan fingerprint density at radius 1 is 1.07 bits per heavy atom. The van der Waals surface area contributed by atoms with Crippen LogP contribution in [0.25, 0.3) is 0 Å². The van der Waals surface area contributed by atoms with Crippen LogP contribution in [-0.2, 0) is 20.8 Å². The predicted molar refractivity (Wildman–Crippen MR) is 109 cm³/mol. The highest BCUT2D eigenvalue weighted by Gasteiger charge is 2.35. The number of nitrogens with one attached hydrogen (secondary N) is 2. The number of hydrogen-bond acceptors (Lipinski definition) is 4. The third-order valence-corrected chi connectivity index (χ3v) is 4.87. The molecule has 0 aromatic heterocycles. The van der Waals surface area contributed by atoms with E-state index in [1.165, 1.54) is 5.56 Å². The molecule has 0 unspecified atom stereocenters. The van der Waals surface area contributed by atoms with E-state index in [4.69, 9.17) is 4.74 Å². The molecule has 2 N–H and O–H groups in total. The molecule has 2 aromatic rings. The van der Waals surface area contributed by atoms with Crippen molar-refractivity contribution in [2.75, 3.05) is 18.1 Å². The van der Waals surface area contributed by atoms with E-state index in [1.807, 2.05) is 43.3 Å². The van der Waals surface area contributed by atoms with E-state index in [9.17, 15) is 14.4 Å². The van der Waals surface area contributed by atoms with Crippen LogP contribution in [0.5, 0.6) is 5.75 Å². The van der Waals surface area contributed by atoms with Gasteiger partial charge in [0.25, 0.3) is 5.91 Å². The maximum Gasteiger partial charge on any atom is 0.276 e. The number of anilines is 1. The van der Waals surface area contributed by atoms with Crippen molar-refractivity contribution in [3.05, 3.63) is 59.7 Å². The van der Waals surface area contributed by atoms with Gasteiger partial charge in [-0.2, -0.15) is 0 Å². The van der Waals surface area contributed by atoms with E-state index < -0.39 is 17.7 Å². The van der Waals surface area contributed by atoms with Crippen molar-refractivity contribution in [1.29, 1.82) is 0 Å². The first-order valence-electron chi connectivity index (χ1n) is 9.63. The van der Waals surface area contributed by atoms with Crippen molar-refractivity contribution >= 4 is 23.4 Å². The molecule has 3 rings (SSSR count). The standard InChI is InChI=1S/C22H25N3O4/c1-3-16-6-10-19(11-7-16)29-14-20(26)23-24-22(28)17-12-21(27)25(13-17)18-8-4-15(2)5-9-18/h4-11,17H,3,12-14H2,1-2H3,(H,23,26)(H,24,28)/t17-/m1/s1. The van der Waals surface area contributed by atoms with Gasteiger partial charge in [-0.25, -0.2) is 0 Å². The topological polar surface area (TPSA) is 87.7 Å². The van der Waals surface area contributed by atoms with Crippen molar-refractivity contribution < 1.29 is 19.1 Å². The third-order valence-electron chi connectivity index (χ3n) is 4.87. The van der Waals surface area contributed by atoms with Crippen molar-refractivity contribution in [3.63, 3.8) is 0 Å². The van der Waals surface area contributed by atoms with Crippen LogP contribution in [0, 0.1) is 12.8 Å². The maximum atomic E-state index is 12.3. The van der Waals surface area contributed by atoms with Gasteiger partial charge in [0.15, 0.2) is 6.61 Å². The first kappa shape index (κ1) is 20.4. The van der Waals surface area contributed by atoms with Crippen LogP contribution < -0.4 is 20.5 Å². The Morgan fingerprint density at radius 2 is 1.76 bits per heavy atom. The summed E-state index contributed by atoms with van der Waals surface area (Å²) in [5.41, 5.74) is 7.76. The summed E-state index contributed by atoms with van der Waals surface area (Å²) in [7, 11) is 0. The van der Waals surface area contributed by atoms with E-state index in [-0.39, 0.29) is 25.5 Å². The van der Waals surface area contributed by atoms with Crippen molar-refractivity contribution in [2.45, 2.75) is 26.7 Å². The molecule has 1 aliphatic heterocycles. The van der Waals surface area contributed by atoms with Crippen molar-refractivity contribution in [1.82, 2.24) is 10.9 Å². The zero-order valence-corrected chi connectivity index (χ0v) is 16.6. The number of ether oxygens (including phenoxy) is 1. The van der Waals surface area contributed by atoms with Gasteiger partial charge in [0.2, 0.25) is 11.8 Å². The third kappa shape index (κ3) is 5.34. The van der Waals surface area contributed by atoms with Crippen LogP contribution in [-0.4, -0.2) is 30.9 Å². The Labute approximate surface area is 170 Å². The van der Waals surface area contributed by atoms with Crippen molar-refractivity contribution in [3.8, 4) is 5.75 Å². The molecule has 7 heteroatoms. The number of amides is 3. The number of carbonyl (C=O) groups excluding carboxylic acids is 3. The molecule has 0 radical (unpaired) electrons. The second-order valence-electron chi connectivity index (χ2n) is 7.06. The highest BCUT2D eigenvalue weighted by molar-refractivity contribution is 6.00. The molecule has 0 saturated carbocycles. The summed E-state index contributed by atoms with van der Waals surface area (Å²) in [5, 5.41) is 0. The van der Waals surface area contributed by atoms with Gasteiger partial charge in [-0.1, -0.05) is 36.8 Å². The van der Waals surface area contributed by atoms with Gasteiger partial charge in [-0.15, -0.1) is 0 Å². The molecule has 29 heavy (non-hydrogen) atoms. The minimum absolute atomic E-state index is 0.107. The summed E-state index contributed by atoms with van der Waals surface area (Å²) in [6.45, 7) is 4.09. The molecule has 7 nitrogen and oxygen atoms in total. The van der Waals surface area contributed by atoms with Gasteiger partial charge in [0, 0.05) is 18.7 Å². The van der Waals surface area contributed by atoms with E-state index in [0.29, 0.717) is 5.75 Å². The van der Waals surface area contributed by atoms with Crippen LogP contribution >= 0.6 is 0 Å². The van der Waals surface area contributed by atoms with Gasteiger partial charge in [-0.3, -0.25) is 25.2 Å². The number of rotatable bonds is 6. The van der Waals surface area contributed by atoms with Crippen molar-refractivity contribution in [2.24, 2.45) is 5.92 Å². The van der Waals surface area contributed by atoms with E-state index in [2.05, 4.69) is 17.8 Å². The summed E-state index contributed by atoms with van der Waals surface area (Å²) >= 11 is 0. The minimum Gasteiger partial charge on any atom is -0.484 e. The average molecular weight is 395 g/mol. The lowest BCUT2D eigenvalue weighted by molar-refractivity contribution is -0.132. The quantitative estimate of drug-likeness (QED) is 0.734. The molecule has 1 atom stereocenters. The van der Waals surface area contributed by atoms with Gasteiger partial charge in [0.05, 0.1) is 5.92 Å². The molecule has 152 valence electrons. The molecule has 1 fully saturated rings. The molecule has 2 aromatic carbocycles. The molecule has 1 heterocycles. The number of aryl methyl sites for hydroxylation is 2. The average Bonchev–Trinajstić information content (AvgIpc) is 3.13. The fourth-order valence-electron chi connectivity index (χ4n) is 3.10. The van der Waals surface area contributed by atoms with Crippen LogP contribution in [0.3, 0.4) is 0 Å². The summed E-state index contributed by atoms with van der Waals surface area (Å²) < 4.78 is 5.40. The highest BCUT2D eigenvalue weighted by atomic mass is 16.5. The number of hydrazine groups is 1. The maximum absolute atomic E-state index is 12.3. The second kappa shape index (κ2) is 9.23. The van der Waals surface area contributed by atoms with E-state index in [0.717, 1.165) is 17.7 Å². The second-order valence-corrected chi connectivity index (χ2v) is 7.06. The smallest absolute Gasteiger partial charge is 0.276 e. The first-order chi connectivity index (χ1) is 14.0. The van der Waals surface area contributed by atoms with Gasteiger partial charge >= 0.3 is 0 Å². The monoisotopic (exact) mass is 395 g/mol.